The number of rotatable bonds is 12. The van der Waals surface area contributed by atoms with E-state index >= 15 is 0 Å². The zero-order valence-electron chi connectivity index (χ0n) is 34.1. The quantitative estimate of drug-likeness (QED) is 0.0433. The Balaban J connectivity index is 1.16. The van der Waals surface area contributed by atoms with Gasteiger partial charge in [-0.05, 0) is 48.9 Å². The summed E-state index contributed by atoms with van der Waals surface area (Å²) in [5.74, 6) is -4.49. The van der Waals surface area contributed by atoms with Crippen LogP contribution in [0.25, 0.3) is 28.4 Å². The summed E-state index contributed by atoms with van der Waals surface area (Å²) in [6, 6.07) is 9.52. The van der Waals surface area contributed by atoms with Crippen LogP contribution in [0.15, 0.2) is 63.8 Å². The van der Waals surface area contributed by atoms with Gasteiger partial charge in [-0.2, -0.15) is 0 Å². The van der Waals surface area contributed by atoms with Crippen molar-refractivity contribution in [3.05, 3.63) is 70.4 Å². The van der Waals surface area contributed by atoms with Crippen molar-refractivity contribution in [2.24, 2.45) is 0 Å². The first kappa shape index (κ1) is 47.2. The van der Waals surface area contributed by atoms with Gasteiger partial charge in [-0.3, -0.25) is 4.79 Å². The summed E-state index contributed by atoms with van der Waals surface area (Å²) >= 11 is 0. The molecule has 0 aliphatic carbocycles. The molecule has 1 aromatic heterocycles. The predicted molar refractivity (Wildman–Crippen MR) is 214 cm³/mol. The summed E-state index contributed by atoms with van der Waals surface area (Å²) in [6.07, 6.45) is -22.0. The summed E-state index contributed by atoms with van der Waals surface area (Å²) in [5.41, 5.74) is -1.18. The fourth-order valence-corrected chi connectivity index (χ4v) is 7.16. The Morgan fingerprint density at radius 2 is 1.45 bits per heavy atom. The number of aliphatic hydroxyl groups is 8. The van der Waals surface area contributed by atoms with Gasteiger partial charge < -0.3 is 104 Å². The molecule has 0 saturated carbocycles. The molecule has 65 heavy (non-hydrogen) atoms. The number of fused-ring (bicyclic) bond motifs is 1. The number of carbonyl (C=O) groups is 1. The molecule has 0 spiro atoms. The fraction of sp³-hybridized carbons (Fsp3) is 0.429. The number of methoxy groups -OCH3 is 1. The summed E-state index contributed by atoms with van der Waals surface area (Å²) in [4.78, 5) is 26.9. The van der Waals surface area contributed by atoms with E-state index in [1.54, 1.807) is 0 Å². The Morgan fingerprint density at radius 1 is 0.738 bits per heavy atom. The molecule has 0 bridgehead atoms. The second-order valence-corrected chi connectivity index (χ2v) is 15.3. The van der Waals surface area contributed by atoms with Crippen LogP contribution in [0.5, 0.6) is 40.2 Å². The minimum atomic E-state index is -2.06. The lowest BCUT2D eigenvalue weighted by Crippen LogP contribution is -2.63. The van der Waals surface area contributed by atoms with Crippen LogP contribution < -0.4 is 19.6 Å². The number of esters is 1. The molecule has 3 aliphatic rings. The fourth-order valence-electron chi connectivity index (χ4n) is 7.16. The van der Waals surface area contributed by atoms with Crippen molar-refractivity contribution in [1.82, 2.24) is 0 Å². The Bertz CT molecular complexity index is 2440. The Labute approximate surface area is 366 Å². The van der Waals surface area contributed by atoms with Gasteiger partial charge in [0.1, 0.15) is 84.0 Å². The minimum Gasteiger partial charge on any atom is -0.507 e. The lowest BCUT2D eigenvalue weighted by molar-refractivity contribution is -0.348. The molecule has 352 valence electrons. The van der Waals surface area contributed by atoms with Crippen LogP contribution in [0, 0.1) is 0 Å². The SMILES string of the molecule is COc1cc(/C=C/C(=O)OC[C@H]2O[C@@H](O[C@H]3[C@@H](Oc4c(-c5ccc(O)c(O)c5)oc5cc(O[C@@H]6O[C@@H](C)[C@H](O)[C@@H](O)[C@H]6O)cc(O)c5c4=O)OC[C@@H](O)[C@H]3O)[C@H](O)[C@@H](O)[C@@H]2O)ccc1O. The molecule has 4 aromatic rings. The van der Waals surface area contributed by atoms with Crippen molar-refractivity contribution in [2.45, 2.75) is 92.9 Å². The van der Waals surface area contributed by atoms with Gasteiger partial charge in [0.25, 0.3) is 0 Å². The molecule has 0 unspecified atom stereocenters. The van der Waals surface area contributed by atoms with Gasteiger partial charge in [0, 0.05) is 23.8 Å². The first-order chi connectivity index (χ1) is 30.9. The van der Waals surface area contributed by atoms with E-state index in [-0.39, 0.29) is 28.4 Å². The summed E-state index contributed by atoms with van der Waals surface area (Å²) in [5, 5.41) is 126. The zero-order valence-corrected chi connectivity index (χ0v) is 34.1. The maximum absolute atomic E-state index is 14.3. The number of carbonyl (C=O) groups excluding carboxylic acids is 1. The molecule has 12 N–H and O–H groups in total. The highest BCUT2D eigenvalue weighted by atomic mass is 16.8. The highest BCUT2D eigenvalue weighted by molar-refractivity contribution is 5.89. The molecule has 3 saturated heterocycles. The van der Waals surface area contributed by atoms with Crippen molar-refractivity contribution in [3.8, 4) is 51.6 Å². The van der Waals surface area contributed by atoms with Crippen LogP contribution in [-0.2, 0) is 28.5 Å². The van der Waals surface area contributed by atoms with Crippen LogP contribution in [-0.4, -0.2) is 174 Å². The van der Waals surface area contributed by atoms with Gasteiger partial charge in [-0.15, -0.1) is 0 Å². The predicted octanol–water partition coefficient (Wildman–Crippen LogP) is -1.60. The van der Waals surface area contributed by atoms with E-state index in [1.165, 1.54) is 44.4 Å². The van der Waals surface area contributed by atoms with Gasteiger partial charge in [-0.25, -0.2) is 4.79 Å². The third-order valence-corrected chi connectivity index (χ3v) is 10.8. The number of aromatic hydroxyl groups is 4. The molecule has 23 heteroatoms. The summed E-state index contributed by atoms with van der Waals surface area (Å²) in [6.45, 7) is 0.0622. The van der Waals surface area contributed by atoms with Gasteiger partial charge in [0.05, 0.1) is 19.8 Å². The van der Waals surface area contributed by atoms with E-state index in [9.17, 15) is 70.9 Å². The number of hydrogen-bond donors (Lipinski definition) is 12. The van der Waals surface area contributed by atoms with Crippen LogP contribution >= 0.6 is 0 Å². The Kier molecular flexibility index (Phi) is 14.0. The molecule has 7 rings (SSSR count). The largest absolute Gasteiger partial charge is 0.507 e. The Morgan fingerprint density at radius 3 is 2.17 bits per heavy atom. The van der Waals surface area contributed by atoms with Crippen molar-refractivity contribution >= 4 is 23.0 Å². The summed E-state index contributed by atoms with van der Waals surface area (Å²) < 4.78 is 50.5. The molecule has 4 heterocycles. The molecule has 14 atom stereocenters. The molecule has 23 nitrogen and oxygen atoms in total. The van der Waals surface area contributed by atoms with Crippen LogP contribution in [0.2, 0.25) is 0 Å². The third kappa shape index (κ3) is 9.77. The van der Waals surface area contributed by atoms with Crippen molar-refractivity contribution in [1.29, 1.82) is 0 Å². The minimum absolute atomic E-state index is 0.121. The number of aliphatic hydroxyl groups excluding tert-OH is 8. The molecular weight excluding hydrogens is 872 g/mol. The van der Waals surface area contributed by atoms with E-state index < -0.39 is 145 Å². The number of hydrogen-bond acceptors (Lipinski definition) is 23. The summed E-state index contributed by atoms with van der Waals surface area (Å²) in [7, 11) is 1.34. The number of ether oxygens (including phenoxy) is 8. The molecule has 0 amide bonds. The van der Waals surface area contributed by atoms with E-state index in [0.717, 1.165) is 30.3 Å². The highest BCUT2D eigenvalue weighted by Crippen LogP contribution is 2.40. The van der Waals surface area contributed by atoms with Crippen molar-refractivity contribution < 1.29 is 108 Å². The van der Waals surface area contributed by atoms with Gasteiger partial charge in [-0.1, -0.05) is 6.07 Å². The maximum atomic E-state index is 14.3. The number of phenols is 4. The molecule has 3 aliphatic heterocycles. The number of benzene rings is 3. The molecule has 3 aromatic carbocycles. The first-order valence-corrected chi connectivity index (χ1v) is 19.8. The van der Waals surface area contributed by atoms with Crippen LogP contribution in [0.4, 0.5) is 0 Å². The van der Waals surface area contributed by atoms with Gasteiger partial charge >= 0.3 is 5.97 Å². The second kappa shape index (κ2) is 19.4. The van der Waals surface area contributed by atoms with Crippen LogP contribution in [0.3, 0.4) is 0 Å². The average Bonchev–Trinajstić information content (AvgIpc) is 3.27. The van der Waals surface area contributed by atoms with E-state index in [2.05, 4.69) is 0 Å². The highest BCUT2D eigenvalue weighted by Gasteiger charge is 2.50. The second-order valence-electron chi connectivity index (χ2n) is 15.3. The first-order valence-electron chi connectivity index (χ1n) is 19.8. The average molecular weight is 919 g/mol. The third-order valence-electron chi connectivity index (χ3n) is 10.8. The normalized spacial score (nSPS) is 31.7. The maximum Gasteiger partial charge on any atom is 0.330 e. The van der Waals surface area contributed by atoms with Gasteiger partial charge in [0.2, 0.25) is 23.8 Å². The lowest BCUT2D eigenvalue weighted by atomic mass is 9.98. The smallest absolute Gasteiger partial charge is 0.330 e. The molecular formula is C42H46O23. The van der Waals surface area contributed by atoms with E-state index in [1.807, 2.05) is 0 Å². The topological polar surface area (TPSA) is 364 Å². The Hall–Kier alpha value is -5.80. The van der Waals surface area contributed by atoms with Crippen molar-refractivity contribution in [2.75, 3.05) is 20.3 Å². The zero-order chi connectivity index (χ0) is 47.0. The van der Waals surface area contributed by atoms with Crippen LogP contribution in [0.1, 0.15) is 12.5 Å². The van der Waals surface area contributed by atoms with Crippen molar-refractivity contribution in [3.63, 3.8) is 0 Å². The monoisotopic (exact) mass is 918 g/mol. The standard InChI is InChI=1S/C42H46O23/c1-15-29(49)33(53)35(55)40(60-15)61-18-11-22(46)28-25(12-18)62-37(17-5-7-19(43)21(45)10-17)38(32(28)52)64-42-39(30(50)23(47)13-59-42)65-41-36(56)34(54)31(51)26(63-41)14-58-27(48)8-4-16-3-6-20(44)24(9-16)57-2/h3-12,15,23,26,29-31,33-36,39-47,49-51,53-56H,13-14H2,1-2H3/b8-4+/t15-,23+,26+,29-,30+,31+,33+,34-,35+,36+,39+,40-,41-,42+/m0/s1. The van der Waals surface area contributed by atoms with Gasteiger partial charge in [0.15, 0.2) is 41.2 Å². The molecule has 3 fully saturated rings. The number of phenolic OH excluding ortho intramolecular Hbond substituents is 4. The molecule has 0 radical (unpaired) electrons. The van der Waals surface area contributed by atoms with E-state index in [4.69, 9.17) is 42.3 Å². The van der Waals surface area contributed by atoms with E-state index in [0.29, 0.717) is 5.56 Å². The lowest BCUT2D eigenvalue weighted by Gasteiger charge is -2.44.